The molecule has 2 aliphatic heterocycles. The number of hydrogen-bond donors (Lipinski definition) is 5. The van der Waals surface area contributed by atoms with Crippen LogP contribution in [-0.2, 0) is 38.6 Å². The number of aryl methyl sites for hydroxylation is 1. The van der Waals surface area contributed by atoms with Crippen LogP contribution in [0.2, 0.25) is 0 Å². The molecule has 20 heteroatoms. The van der Waals surface area contributed by atoms with Gasteiger partial charge in [0.1, 0.15) is 17.9 Å². The third-order valence-electron chi connectivity index (χ3n) is 17.5. The number of carboxylic acids is 1. The summed E-state index contributed by atoms with van der Waals surface area (Å²) in [6.07, 6.45) is 11.6. The Bertz CT molecular complexity index is 3530. The number of aromatic nitrogens is 5. The highest BCUT2D eigenvalue weighted by Gasteiger charge is 2.45. The molecular formula is C66H80N10O8S2. The van der Waals surface area contributed by atoms with Gasteiger partial charge in [-0.1, -0.05) is 106 Å². The number of amides is 4. The maximum atomic E-state index is 14.2. The van der Waals surface area contributed by atoms with E-state index in [0.717, 1.165) is 112 Å². The Hall–Kier alpha value is -7.39. The lowest BCUT2D eigenvalue weighted by Gasteiger charge is -2.38. The van der Waals surface area contributed by atoms with Crippen molar-refractivity contribution in [2.24, 2.45) is 10.8 Å². The van der Waals surface area contributed by atoms with E-state index < -0.39 is 29.6 Å². The summed E-state index contributed by atoms with van der Waals surface area (Å²) in [6, 6.07) is 23.1. The topological polar surface area (TPSA) is 234 Å². The van der Waals surface area contributed by atoms with E-state index in [1.807, 2.05) is 135 Å². The van der Waals surface area contributed by atoms with Gasteiger partial charge in [-0.15, -0.1) is 11.3 Å². The van der Waals surface area contributed by atoms with Gasteiger partial charge in [-0.3, -0.25) is 29.2 Å². The maximum absolute atomic E-state index is 14.2. The van der Waals surface area contributed by atoms with Crippen molar-refractivity contribution in [3.8, 4) is 21.6 Å². The van der Waals surface area contributed by atoms with E-state index in [1.54, 1.807) is 17.5 Å². The fourth-order valence-corrected chi connectivity index (χ4v) is 14.3. The molecule has 7 aromatic rings. The van der Waals surface area contributed by atoms with Gasteiger partial charge in [-0.2, -0.15) is 5.10 Å². The third kappa shape index (κ3) is 14.4. The summed E-state index contributed by atoms with van der Waals surface area (Å²) in [5.41, 5.74) is 9.54. The molecule has 1 aliphatic carbocycles. The first-order chi connectivity index (χ1) is 41.3. The second-order valence-electron chi connectivity index (χ2n) is 24.7. The SMILES string of the molecule is Cc1ncsc1-c1ccc([C@H](C)NC(=O)[C@@H]2C[C@@H](O)CN2C(=O)[C@@H](NC(=O)CCCCCOCCCC2(Cn3ncc(-c4ccc(N5CCc6cccc(C(=O)Nc7nc8ccccc8s7)c6C5)nc4C(=O)O)c3C)CCCCC2)C(C)(C)C)cc1. The average molecular weight is 1210 g/mol. The van der Waals surface area contributed by atoms with Crippen LogP contribution in [0.4, 0.5) is 10.9 Å². The number of para-hydroxylation sites is 1. The highest BCUT2D eigenvalue weighted by atomic mass is 32.1. The summed E-state index contributed by atoms with van der Waals surface area (Å²) in [7, 11) is 0. The number of ether oxygens (including phenoxy) is 1. The van der Waals surface area contributed by atoms with Crippen LogP contribution in [0.1, 0.15) is 160 Å². The molecular weight excluding hydrogens is 1120 g/mol. The molecule has 4 amide bonds. The summed E-state index contributed by atoms with van der Waals surface area (Å²) in [5.74, 6) is -1.81. The monoisotopic (exact) mass is 1200 g/mol. The Morgan fingerprint density at radius 2 is 1.65 bits per heavy atom. The lowest BCUT2D eigenvalue weighted by molar-refractivity contribution is -0.144. The molecule has 4 aromatic heterocycles. The van der Waals surface area contributed by atoms with Crippen molar-refractivity contribution >= 4 is 73.4 Å². The van der Waals surface area contributed by atoms with Crippen molar-refractivity contribution < 1.29 is 38.9 Å². The molecule has 0 radical (unpaired) electrons. The molecule has 18 nitrogen and oxygen atoms in total. The predicted octanol–water partition coefficient (Wildman–Crippen LogP) is 11.5. The number of pyridine rings is 1. The van der Waals surface area contributed by atoms with E-state index in [4.69, 9.17) is 14.8 Å². The van der Waals surface area contributed by atoms with E-state index in [9.17, 15) is 34.2 Å². The number of carboxylic acid groups (broad SMARTS) is 1. The van der Waals surface area contributed by atoms with E-state index in [0.29, 0.717) is 61.2 Å². The van der Waals surface area contributed by atoms with Gasteiger partial charge in [0.25, 0.3) is 5.91 Å². The van der Waals surface area contributed by atoms with Gasteiger partial charge in [-0.25, -0.2) is 19.7 Å². The van der Waals surface area contributed by atoms with Crippen molar-refractivity contribution in [2.45, 2.75) is 162 Å². The molecule has 86 heavy (non-hydrogen) atoms. The van der Waals surface area contributed by atoms with Crippen LogP contribution in [0.3, 0.4) is 0 Å². The third-order valence-corrected chi connectivity index (χ3v) is 19.4. The normalized spacial score (nSPS) is 17.5. The number of fused-ring (bicyclic) bond motifs is 2. The van der Waals surface area contributed by atoms with Crippen molar-refractivity contribution in [3.63, 3.8) is 0 Å². The van der Waals surface area contributed by atoms with Crippen LogP contribution < -0.4 is 20.9 Å². The van der Waals surface area contributed by atoms with Gasteiger partial charge in [0.2, 0.25) is 17.7 Å². The number of thiazole rings is 2. The van der Waals surface area contributed by atoms with Gasteiger partial charge in [0.15, 0.2) is 10.8 Å². The number of likely N-dealkylation sites (tertiary alicyclic amines) is 1. The highest BCUT2D eigenvalue weighted by Crippen LogP contribution is 2.43. The number of nitrogens with zero attached hydrogens (tertiary/aromatic N) is 7. The molecule has 0 bridgehead atoms. The Kier molecular flexibility index (Phi) is 19.4. The number of nitrogens with one attached hydrogen (secondary N) is 3. The van der Waals surface area contributed by atoms with Crippen molar-refractivity contribution in [1.82, 2.24) is 40.3 Å². The number of rotatable bonds is 23. The molecule has 6 heterocycles. The van der Waals surface area contributed by atoms with E-state index in [1.165, 1.54) is 22.7 Å². The first-order valence-corrected chi connectivity index (χ1v) is 32.0. The zero-order valence-corrected chi connectivity index (χ0v) is 51.8. The zero-order valence-electron chi connectivity index (χ0n) is 50.2. The molecule has 454 valence electrons. The van der Waals surface area contributed by atoms with Crippen molar-refractivity contribution in [3.05, 3.63) is 130 Å². The fourth-order valence-electron chi connectivity index (χ4n) is 12.6. The van der Waals surface area contributed by atoms with Gasteiger partial charge in [0, 0.05) is 74.6 Å². The second kappa shape index (κ2) is 27.1. The van der Waals surface area contributed by atoms with Gasteiger partial charge >= 0.3 is 5.97 Å². The lowest BCUT2D eigenvalue weighted by Crippen LogP contribution is -2.57. The number of benzene rings is 3. The maximum Gasteiger partial charge on any atom is 0.355 e. The Balaban J connectivity index is 0.676. The molecule has 4 atom stereocenters. The van der Waals surface area contributed by atoms with Gasteiger partial charge < -0.3 is 35.4 Å². The lowest BCUT2D eigenvalue weighted by atomic mass is 9.71. The number of carbonyl (C=O) groups is 5. The minimum atomic E-state index is -1.12. The molecule has 0 spiro atoms. The van der Waals surface area contributed by atoms with Crippen molar-refractivity contribution in [2.75, 3.05) is 36.5 Å². The number of aliphatic hydroxyl groups is 1. The number of anilines is 2. The molecule has 10 rings (SSSR count). The molecule has 3 aliphatic rings. The Morgan fingerprint density at radius 1 is 0.872 bits per heavy atom. The van der Waals surface area contributed by atoms with E-state index in [2.05, 4.69) is 25.9 Å². The number of carbonyl (C=O) groups excluding carboxylic acids is 4. The molecule has 1 saturated carbocycles. The van der Waals surface area contributed by atoms with Gasteiger partial charge in [-0.05, 0) is 129 Å². The summed E-state index contributed by atoms with van der Waals surface area (Å²) in [5, 5.41) is 35.8. The van der Waals surface area contributed by atoms with Crippen LogP contribution in [0, 0.1) is 24.7 Å². The molecule has 3 aromatic carbocycles. The van der Waals surface area contributed by atoms with Crippen LogP contribution in [0.15, 0.2) is 90.6 Å². The van der Waals surface area contributed by atoms with Crippen LogP contribution in [0.5, 0.6) is 0 Å². The average Bonchev–Trinajstić information content (AvgIpc) is 1.92. The first-order valence-electron chi connectivity index (χ1n) is 30.3. The summed E-state index contributed by atoms with van der Waals surface area (Å²) >= 11 is 3.01. The minimum Gasteiger partial charge on any atom is -0.476 e. The zero-order chi connectivity index (χ0) is 60.7. The molecule has 1 saturated heterocycles. The Labute approximate surface area is 511 Å². The predicted molar refractivity (Wildman–Crippen MR) is 336 cm³/mol. The highest BCUT2D eigenvalue weighted by molar-refractivity contribution is 7.22. The molecule has 5 N–H and O–H groups in total. The summed E-state index contributed by atoms with van der Waals surface area (Å²) in [6.45, 7) is 14.5. The smallest absolute Gasteiger partial charge is 0.355 e. The van der Waals surface area contributed by atoms with E-state index in [-0.39, 0.29) is 60.2 Å². The first kappa shape index (κ1) is 61.7. The Morgan fingerprint density at radius 3 is 2.40 bits per heavy atom. The standard InChI is InChI=1S/C66H80N10O8S2/c1-41(44-22-24-46(25-23-44)58-42(2)67-40-85-58)69-61(80)53-35-47(77)37-75(53)62(81)59(65(4,5)6)72-56(78)21-9-7-14-33-84-34-16-31-66(29-12-8-13-30-66)39-76-43(3)50(36-68-76)48-26-27-55(71-57(48)63(82)83)74-32-28-45-17-15-18-49(51(45)38-74)60(79)73-64-70-52-19-10-11-20-54(52)86-64/h10-11,15,17-20,22-27,36,40-41,47,53,59,77H,7-9,12-14,16,21,28-35,37-39H2,1-6H3,(H,69,80)(H,72,78)(H,82,83)(H,70,73,79)/t41-,47+,53-,59+/m0/s1. The second-order valence-corrected chi connectivity index (χ2v) is 26.6. The minimum absolute atomic E-state index is 0.00606. The number of unbranched alkanes of at least 4 members (excludes halogenated alkanes) is 2. The molecule has 0 unspecified atom stereocenters. The fraction of sp³-hybridized carbons (Fsp3) is 0.470. The van der Waals surface area contributed by atoms with E-state index >= 15 is 0 Å². The van der Waals surface area contributed by atoms with Crippen LogP contribution >= 0.6 is 22.7 Å². The number of aromatic carboxylic acids is 1. The van der Waals surface area contributed by atoms with Gasteiger partial charge in [0.05, 0.1) is 44.6 Å². The quantitative estimate of drug-likeness (QED) is 0.0376. The summed E-state index contributed by atoms with van der Waals surface area (Å²) in [4.78, 5) is 86.4. The molecule has 2 fully saturated rings. The summed E-state index contributed by atoms with van der Waals surface area (Å²) < 4.78 is 9.19. The number of hydrogen-bond acceptors (Lipinski definition) is 14. The van der Waals surface area contributed by atoms with Crippen LogP contribution in [-0.4, -0.2) is 114 Å². The van der Waals surface area contributed by atoms with Crippen LogP contribution in [0.25, 0.3) is 31.8 Å². The number of β-amino-alcohol motifs (C(OH)–C–C–N with tert-alkyl or cyclic N) is 1. The van der Waals surface area contributed by atoms with Crippen molar-refractivity contribution in [1.29, 1.82) is 0 Å². The largest absolute Gasteiger partial charge is 0.476 e. The number of aliphatic hydroxyl groups excluding tert-OH is 1.